The van der Waals surface area contributed by atoms with Crippen LogP contribution in [0.3, 0.4) is 0 Å². The minimum atomic E-state index is -0.0335. The van der Waals surface area contributed by atoms with Gasteiger partial charge in [0.05, 0.1) is 0 Å². The first-order chi connectivity index (χ1) is 7.66. The second-order valence-electron chi connectivity index (χ2n) is 3.45. The van der Waals surface area contributed by atoms with Gasteiger partial charge in [0, 0.05) is 18.0 Å². The highest BCUT2D eigenvalue weighted by molar-refractivity contribution is 5.27. The third-order valence-electron chi connectivity index (χ3n) is 2.21. The molecule has 1 N–H and O–H groups in total. The third-order valence-corrected chi connectivity index (χ3v) is 2.21. The van der Waals surface area contributed by atoms with Crippen LogP contribution in [0, 0.1) is 13.8 Å². The van der Waals surface area contributed by atoms with E-state index >= 15 is 0 Å². The van der Waals surface area contributed by atoms with Gasteiger partial charge in [0.25, 0.3) is 5.56 Å². The van der Waals surface area contributed by atoms with Crippen LogP contribution in [-0.2, 0) is 0 Å². The molecule has 0 aliphatic rings. The SMILES string of the molecule is CC.Cc1ccn(-c2ccc(C)c(=O)[nH]2)c1. The van der Waals surface area contributed by atoms with Gasteiger partial charge in [-0.1, -0.05) is 19.9 Å². The van der Waals surface area contributed by atoms with Crippen LogP contribution >= 0.6 is 0 Å². The van der Waals surface area contributed by atoms with Gasteiger partial charge in [0.1, 0.15) is 5.82 Å². The van der Waals surface area contributed by atoms with Crippen LogP contribution in [0.2, 0.25) is 0 Å². The van der Waals surface area contributed by atoms with Gasteiger partial charge in [-0.3, -0.25) is 4.79 Å². The van der Waals surface area contributed by atoms with Crippen molar-refractivity contribution in [1.29, 1.82) is 0 Å². The van der Waals surface area contributed by atoms with E-state index in [1.807, 2.05) is 55.9 Å². The molecule has 0 spiro atoms. The normalized spacial score (nSPS) is 9.50. The number of rotatable bonds is 1. The van der Waals surface area contributed by atoms with Crippen molar-refractivity contribution in [3.63, 3.8) is 0 Å². The highest BCUT2D eigenvalue weighted by Gasteiger charge is 1.98. The summed E-state index contributed by atoms with van der Waals surface area (Å²) in [5, 5.41) is 0. The molecule has 2 rings (SSSR count). The van der Waals surface area contributed by atoms with Gasteiger partial charge in [-0.25, -0.2) is 0 Å². The molecule has 0 radical (unpaired) electrons. The predicted octanol–water partition coefficient (Wildman–Crippen LogP) is 2.81. The maximum absolute atomic E-state index is 11.4. The number of pyridine rings is 1. The van der Waals surface area contributed by atoms with Crippen molar-refractivity contribution in [3.8, 4) is 5.82 Å². The molecule has 0 aliphatic carbocycles. The highest BCUT2D eigenvalue weighted by atomic mass is 16.1. The molecule has 0 amide bonds. The number of aryl methyl sites for hydroxylation is 2. The molecule has 0 saturated heterocycles. The van der Waals surface area contributed by atoms with Crippen molar-refractivity contribution >= 4 is 0 Å². The molecule has 3 nitrogen and oxygen atoms in total. The van der Waals surface area contributed by atoms with Crippen LogP contribution in [0.1, 0.15) is 25.0 Å². The molecule has 2 heterocycles. The molecule has 3 heteroatoms. The lowest BCUT2D eigenvalue weighted by Gasteiger charge is -2.02. The Balaban J connectivity index is 0.000000606. The van der Waals surface area contributed by atoms with Crippen molar-refractivity contribution in [1.82, 2.24) is 9.55 Å². The van der Waals surface area contributed by atoms with E-state index in [0.717, 1.165) is 11.4 Å². The molecule has 0 unspecified atom stereocenters. The number of nitrogens with one attached hydrogen (secondary N) is 1. The zero-order valence-corrected chi connectivity index (χ0v) is 10.2. The maximum Gasteiger partial charge on any atom is 0.252 e. The molecule has 0 atom stereocenters. The van der Waals surface area contributed by atoms with E-state index in [4.69, 9.17) is 0 Å². The summed E-state index contributed by atoms with van der Waals surface area (Å²) in [7, 11) is 0. The van der Waals surface area contributed by atoms with Crippen LogP contribution in [0.25, 0.3) is 5.82 Å². The van der Waals surface area contributed by atoms with Gasteiger partial charge in [-0.15, -0.1) is 0 Å². The summed E-state index contributed by atoms with van der Waals surface area (Å²) in [6, 6.07) is 5.72. The molecule has 86 valence electrons. The van der Waals surface area contributed by atoms with Crippen LogP contribution in [0.4, 0.5) is 0 Å². The first-order valence-corrected chi connectivity index (χ1v) is 5.52. The fraction of sp³-hybridized carbons (Fsp3) is 0.308. The molecule has 0 saturated carbocycles. The molecule has 0 bridgehead atoms. The van der Waals surface area contributed by atoms with Crippen molar-refractivity contribution in [2.75, 3.05) is 0 Å². The van der Waals surface area contributed by atoms with Crippen LogP contribution in [0.5, 0.6) is 0 Å². The van der Waals surface area contributed by atoms with Gasteiger partial charge in [0.2, 0.25) is 0 Å². The van der Waals surface area contributed by atoms with Crippen LogP contribution in [0.15, 0.2) is 35.4 Å². The summed E-state index contributed by atoms with van der Waals surface area (Å²) < 4.78 is 1.90. The Labute approximate surface area is 95.8 Å². The Hall–Kier alpha value is -1.77. The average molecular weight is 218 g/mol. The first kappa shape index (κ1) is 12.3. The number of nitrogens with zero attached hydrogens (tertiary/aromatic N) is 1. The summed E-state index contributed by atoms with van der Waals surface area (Å²) >= 11 is 0. The Bertz CT molecular complexity index is 509. The molecular weight excluding hydrogens is 200 g/mol. The number of hydrogen-bond donors (Lipinski definition) is 1. The van der Waals surface area contributed by atoms with E-state index in [1.165, 1.54) is 5.56 Å². The number of aromatic amines is 1. The standard InChI is InChI=1S/C11H12N2O.C2H6/c1-8-5-6-13(7-8)10-4-3-9(2)11(14)12-10;1-2/h3-7H,1-2H3,(H,12,14);1-2H3. The fourth-order valence-corrected chi connectivity index (χ4v) is 1.34. The van der Waals surface area contributed by atoms with Crippen molar-refractivity contribution in [3.05, 3.63) is 52.1 Å². The van der Waals surface area contributed by atoms with E-state index in [-0.39, 0.29) is 5.56 Å². The van der Waals surface area contributed by atoms with E-state index in [2.05, 4.69) is 4.98 Å². The molecule has 0 aliphatic heterocycles. The zero-order chi connectivity index (χ0) is 12.1. The summed E-state index contributed by atoms with van der Waals surface area (Å²) in [6.07, 6.45) is 3.90. The van der Waals surface area contributed by atoms with Gasteiger partial charge in [-0.05, 0) is 31.5 Å². The summed E-state index contributed by atoms with van der Waals surface area (Å²) in [5.74, 6) is 0.800. The molecule has 16 heavy (non-hydrogen) atoms. The third kappa shape index (κ3) is 2.63. The monoisotopic (exact) mass is 218 g/mol. The smallest absolute Gasteiger partial charge is 0.252 e. The topological polar surface area (TPSA) is 37.8 Å². The minimum Gasteiger partial charge on any atom is -0.310 e. The molecular formula is C13H18N2O. The molecule has 0 fully saturated rings. The van der Waals surface area contributed by atoms with E-state index in [0.29, 0.717) is 0 Å². The second kappa shape index (κ2) is 5.35. The fourth-order valence-electron chi connectivity index (χ4n) is 1.34. The van der Waals surface area contributed by atoms with E-state index < -0.39 is 0 Å². The summed E-state index contributed by atoms with van der Waals surface area (Å²) in [4.78, 5) is 14.2. The second-order valence-corrected chi connectivity index (χ2v) is 3.45. The Morgan fingerprint density at radius 1 is 1.12 bits per heavy atom. The summed E-state index contributed by atoms with van der Waals surface area (Å²) in [5.41, 5.74) is 1.87. The van der Waals surface area contributed by atoms with E-state index in [1.54, 1.807) is 6.92 Å². The largest absolute Gasteiger partial charge is 0.310 e. The number of H-pyrrole nitrogens is 1. The highest BCUT2D eigenvalue weighted by Crippen LogP contribution is 2.05. The average Bonchev–Trinajstić information content (AvgIpc) is 2.72. The lowest BCUT2D eigenvalue weighted by Crippen LogP contribution is -2.11. The maximum atomic E-state index is 11.4. The zero-order valence-electron chi connectivity index (χ0n) is 10.2. The van der Waals surface area contributed by atoms with Gasteiger partial charge in [-0.2, -0.15) is 0 Å². The lowest BCUT2D eigenvalue weighted by molar-refractivity contribution is 0.980. The minimum absolute atomic E-state index is 0.0335. The van der Waals surface area contributed by atoms with Crippen molar-refractivity contribution < 1.29 is 0 Å². The van der Waals surface area contributed by atoms with Crippen molar-refractivity contribution in [2.24, 2.45) is 0 Å². The Kier molecular flexibility index (Phi) is 4.11. The Morgan fingerprint density at radius 3 is 2.31 bits per heavy atom. The predicted molar refractivity (Wildman–Crippen MR) is 67.2 cm³/mol. The first-order valence-electron chi connectivity index (χ1n) is 5.52. The summed E-state index contributed by atoms with van der Waals surface area (Å²) in [6.45, 7) is 7.81. The van der Waals surface area contributed by atoms with Gasteiger partial charge in [0.15, 0.2) is 0 Å². The molecule has 2 aromatic rings. The lowest BCUT2D eigenvalue weighted by atomic mass is 10.3. The quantitative estimate of drug-likeness (QED) is 0.785. The van der Waals surface area contributed by atoms with Crippen LogP contribution < -0.4 is 5.56 Å². The van der Waals surface area contributed by atoms with Gasteiger partial charge >= 0.3 is 0 Å². The van der Waals surface area contributed by atoms with Gasteiger partial charge < -0.3 is 9.55 Å². The Morgan fingerprint density at radius 2 is 1.81 bits per heavy atom. The number of aromatic nitrogens is 2. The van der Waals surface area contributed by atoms with E-state index in [9.17, 15) is 4.79 Å². The van der Waals surface area contributed by atoms with Crippen LogP contribution in [-0.4, -0.2) is 9.55 Å². The van der Waals surface area contributed by atoms with Crippen molar-refractivity contribution in [2.45, 2.75) is 27.7 Å². The number of hydrogen-bond acceptors (Lipinski definition) is 1. The molecule has 2 aromatic heterocycles. The molecule has 0 aromatic carbocycles.